The molecule has 1 aromatic rings. The first-order chi connectivity index (χ1) is 9.75. The van der Waals surface area contributed by atoms with Gasteiger partial charge < -0.3 is 15.3 Å². The predicted molar refractivity (Wildman–Crippen MR) is 76.6 cm³/mol. The smallest absolute Gasteiger partial charge is 0.307 e. The van der Waals surface area contributed by atoms with Crippen molar-refractivity contribution in [1.29, 1.82) is 0 Å². The van der Waals surface area contributed by atoms with Crippen LogP contribution in [0, 0.1) is 17.3 Å². The quantitative estimate of drug-likeness (QED) is 0.821. The van der Waals surface area contributed by atoms with Crippen LogP contribution in [0.3, 0.4) is 0 Å². The molecule has 0 unspecified atom stereocenters. The average molecular weight is 292 g/mol. The van der Waals surface area contributed by atoms with Gasteiger partial charge in [0.25, 0.3) is 0 Å². The first-order valence-electron chi connectivity index (χ1n) is 6.75. The van der Waals surface area contributed by atoms with E-state index in [9.17, 15) is 9.59 Å². The highest BCUT2D eigenvalue weighted by Gasteiger charge is 2.65. The molecular weight excluding hydrogens is 272 g/mol. The Kier molecular flexibility index (Phi) is 3.85. The summed E-state index contributed by atoms with van der Waals surface area (Å²) >= 11 is 0. The zero-order chi connectivity index (χ0) is 15.8. The number of aromatic nitrogens is 2. The molecule has 0 bridgehead atoms. The molecule has 1 heterocycles. The highest BCUT2D eigenvalue weighted by atomic mass is 16.4. The number of carbonyl (C=O) groups excluding carboxylic acids is 1. The number of hydrogen-bond donors (Lipinski definition) is 2. The van der Waals surface area contributed by atoms with Crippen LogP contribution in [0.4, 0.5) is 5.95 Å². The molecule has 1 aliphatic carbocycles. The maximum Gasteiger partial charge on any atom is 0.307 e. The van der Waals surface area contributed by atoms with E-state index in [-0.39, 0.29) is 12.5 Å². The third-order valence-corrected chi connectivity index (χ3v) is 3.92. The van der Waals surface area contributed by atoms with E-state index in [1.165, 1.54) is 0 Å². The monoisotopic (exact) mass is 292 g/mol. The SMILES string of the molecule is CN(C)c1nccc(CNC(=O)[C@@H]2[C@H](C(=O)O)C2(C)C)n1. The number of aliphatic carboxylic acids is 1. The number of rotatable bonds is 5. The van der Waals surface area contributed by atoms with Gasteiger partial charge in [0.15, 0.2) is 0 Å². The van der Waals surface area contributed by atoms with Gasteiger partial charge in [-0.05, 0) is 11.5 Å². The van der Waals surface area contributed by atoms with Gasteiger partial charge >= 0.3 is 5.97 Å². The lowest BCUT2D eigenvalue weighted by molar-refractivity contribution is -0.140. The van der Waals surface area contributed by atoms with Crippen LogP contribution in [0.1, 0.15) is 19.5 Å². The minimum atomic E-state index is -0.919. The number of anilines is 1. The molecule has 114 valence electrons. The molecule has 1 aromatic heterocycles. The summed E-state index contributed by atoms with van der Waals surface area (Å²) in [5.74, 6) is -1.68. The fourth-order valence-electron chi connectivity index (χ4n) is 2.57. The Morgan fingerprint density at radius 1 is 1.38 bits per heavy atom. The molecule has 0 spiro atoms. The molecule has 2 atom stereocenters. The number of nitrogens with zero attached hydrogens (tertiary/aromatic N) is 3. The Labute approximate surface area is 123 Å². The molecule has 1 aliphatic rings. The van der Waals surface area contributed by atoms with Crippen molar-refractivity contribution in [3.8, 4) is 0 Å². The van der Waals surface area contributed by atoms with Crippen LogP contribution >= 0.6 is 0 Å². The first-order valence-corrected chi connectivity index (χ1v) is 6.75. The number of carboxylic acid groups (broad SMARTS) is 1. The molecule has 0 saturated heterocycles. The Morgan fingerprint density at radius 3 is 2.57 bits per heavy atom. The van der Waals surface area contributed by atoms with E-state index in [1.54, 1.807) is 31.0 Å². The molecule has 1 saturated carbocycles. The summed E-state index contributed by atoms with van der Waals surface area (Å²) in [6.07, 6.45) is 1.63. The van der Waals surface area contributed by atoms with Crippen molar-refractivity contribution in [3.63, 3.8) is 0 Å². The molecule has 7 heteroatoms. The molecule has 2 rings (SSSR count). The Bertz CT molecular complexity index is 571. The van der Waals surface area contributed by atoms with Gasteiger partial charge in [0.05, 0.1) is 24.1 Å². The third kappa shape index (κ3) is 2.96. The third-order valence-electron chi connectivity index (χ3n) is 3.92. The molecule has 0 aliphatic heterocycles. The lowest BCUT2D eigenvalue weighted by atomic mass is 10.1. The Balaban J connectivity index is 1.96. The van der Waals surface area contributed by atoms with E-state index in [0.717, 1.165) is 0 Å². The lowest BCUT2D eigenvalue weighted by Crippen LogP contribution is -2.27. The van der Waals surface area contributed by atoms with Crippen molar-refractivity contribution in [2.75, 3.05) is 19.0 Å². The minimum absolute atomic E-state index is 0.239. The normalized spacial score (nSPS) is 22.5. The predicted octanol–water partition coefficient (Wildman–Crippen LogP) is 0.516. The van der Waals surface area contributed by atoms with Gasteiger partial charge in [-0.25, -0.2) is 9.97 Å². The average Bonchev–Trinajstić information content (AvgIpc) is 2.99. The van der Waals surface area contributed by atoms with E-state index in [0.29, 0.717) is 11.6 Å². The van der Waals surface area contributed by atoms with Gasteiger partial charge in [-0.3, -0.25) is 9.59 Å². The molecule has 1 amide bonds. The van der Waals surface area contributed by atoms with E-state index < -0.39 is 23.2 Å². The topological polar surface area (TPSA) is 95.4 Å². The van der Waals surface area contributed by atoms with Crippen LogP contribution in [-0.4, -0.2) is 41.0 Å². The zero-order valence-electron chi connectivity index (χ0n) is 12.6. The van der Waals surface area contributed by atoms with Crippen molar-refractivity contribution in [2.45, 2.75) is 20.4 Å². The second kappa shape index (κ2) is 5.31. The molecule has 21 heavy (non-hydrogen) atoms. The molecule has 2 N–H and O–H groups in total. The first kappa shape index (κ1) is 15.2. The van der Waals surface area contributed by atoms with Gasteiger partial charge in [0, 0.05) is 20.3 Å². The highest BCUT2D eigenvalue weighted by Crippen LogP contribution is 2.58. The number of carboxylic acids is 1. The molecule has 0 aromatic carbocycles. The van der Waals surface area contributed by atoms with Crippen LogP contribution in [0.25, 0.3) is 0 Å². The van der Waals surface area contributed by atoms with Crippen LogP contribution in [-0.2, 0) is 16.1 Å². The van der Waals surface area contributed by atoms with E-state index in [4.69, 9.17) is 5.11 Å². The van der Waals surface area contributed by atoms with Crippen molar-refractivity contribution >= 4 is 17.8 Å². The molecular formula is C14H20N4O3. The van der Waals surface area contributed by atoms with Crippen molar-refractivity contribution in [3.05, 3.63) is 18.0 Å². The zero-order valence-corrected chi connectivity index (χ0v) is 12.6. The van der Waals surface area contributed by atoms with Crippen molar-refractivity contribution in [2.24, 2.45) is 17.3 Å². The lowest BCUT2D eigenvalue weighted by Gasteiger charge is -2.11. The maximum atomic E-state index is 12.1. The fourth-order valence-corrected chi connectivity index (χ4v) is 2.57. The summed E-state index contributed by atoms with van der Waals surface area (Å²) in [4.78, 5) is 33.3. The minimum Gasteiger partial charge on any atom is -0.481 e. The standard InChI is InChI=1S/C14H20N4O3/c1-14(2)9(10(14)12(20)21)11(19)16-7-8-5-6-15-13(17-8)18(3)4/h5-6,9-10H,7H2,1-4H3,(H,16,19)(H,20,21)/t9-,10+/m0/s1. The van der Waals surface area contributed by atoms with E-state index in [2.05, 4.69) is 15.3 Å². The second-order valence-electron chi connectivity index (χ2n) is 6.08. The fraction of sp³-hybridized carbons (Fsp3) is 0.571. The number of carbonyl (C=O) groups is 2. The Morgan fingerprint density at radius 2 is 2.05 bits per heavy atom. The van der Waals surface area contributed by atoms with Crippen molar-refractivity contribution in [1.82, 2.24) is 15.3 Å². The number of amides is 1. The summed E-state index contributed by atoms with van der Waals surface area (Å²) in [6.45, 7) is 3.86. The van der Waals surface area contributed by atoms with Crippen LogP contribution in [0.15, 0.2) is 12.3 Å². The summed E-state index contributed by atoms with van der Waals surface area (Å²) < 4.78 is 0. The van der Waals surface area contributed by atoms with Gasteiger partial charge in [0.2, 0.25) is 11.9 Å². The summed E-state index contributed by atoms with van der Waals surface area (Å²) in [7, 11) is 3.67. The van der Waals surface area contributed by atoms with Crippen LogP contribution < -0.4 is 10.2 Å². The van der Waals surface area contributed by atoms with Gasteiger partial charge in [-0.1, -0.05) is 13.8 Å². The van der Waals surface area contributed by atoms with Crippen LogP contribution in [0.5, 0.6) is 0 Å². The second-order valence-corrected chi connectivity index (χ2v) is 6.08. The van der Waals surface area contributed by atoms with E-state index in [1.807, 2.05) is 14.1 Å². The summed E-state index contributed by atoms with van der Waals surface area (Å²) in [6, 6.07) is 1.72. The van der Waals surface area contributed by atoms with Crippen molar-refractivity contribution < 1.29 is 14.7 Å². The molecule has 1 fully saturated rings. The number of nitrogens with one attached hydrogen (secondary N) is 1. The van der Waals surface area contributed by atoms with Gasteiger partial charge in [0.1, 0.15) is 0 Å². The van der Waals surface area contributed by atoms with Gasteiger partial charge in [-0.2, -0.15) is 0 Å². The summed E-state index contributed by atoms with van der Waals surface area (Å²) in [5.41, 5.74) is 0.198. The van der Waals surface area contributed by atoms with Gasteiger partial charge in [-0.15, -0.1) is 0 Å². The number of hydrogen-bond acceptors (Lipinski definition) is 5. The Hall–Kier alpha value is -2.18. The molecule has 0 radical (unpaired) electrons. The van der Waals surface area contributed by atoms with Crippen LogP contribution in [0.2, 0.25) is 0 Å². The molecule has 7 nitrogen and oxygen atoms in total. The highest BCUT2D eigenvalue weighted by molar-refractivity contribution is 5.91. The maximum absolute atomic E-state index is 12.1. The summed E-state index contributed by atoms with van der Waals surface area (Å²) in [5, 5.41) is 11.8. The largest absolute Gasteiger partial charge is 0.481 e. The van der Waals surface area contributed by atoms with E-state index >= 15 is 0 Å².